The molecular formula is C22H26N6O3S2. The van der Waals surface area contributed by atoms with Crippen LogP contribution in [0.5, 0.6) is 5.75 Å². The predicted molar refractivity (Wildman–Crippen MR) is 131 cm³/mol. The predicted octanol–water partition coefficient (Wildman–Crippen LogP) is 2.37. The van der Waals surface area contributed by atoms with Gasteiger partial charge in [-0.15, -0.1) is 0 Å². The number of carbonyl (C=O) groups excluding carboxylic acids is 1. The number of hydrogen-bond donors (Lipinski definition) is 0. The Morgan fingerprint density at radius 2 is 1.82 bits per heavy atom. The fourth-order valence-electron chi connectivity index (χ4n) is 3.94. The van der Waals surface area contributed by atoms with E-state index in [-0.39, 0.29) is 5.91 Å². The van der Waals surface area contributed by atoms with E-state index in [0.29, 0.717) is 37.7 Å². The summed E-state index contributed by atoms with van der Waals surface area (Å²) in [6, 6.07) is 8.06. The van der Waals surface area contributed by atoms with Crippen molar-refractivity contribution in [3.8, 4) is 5.75 Å². The van der Waals surface area contributed by atoms with E-state index in [9.17, 15) is 4.79 Å². The summed E-state index contributed by atoms with van der Waals surface area (Å²) in [6.07, 6.45) is 1.53. The number of benzene rings is 1. The molecule has 174 valence electrons. The van der Waals surface area contributed by atoms with Crippen LogP contribution >= 0.6 is 23.1 Å². The zero-order valence-corrected chi connectivity index (χ0v) is 20.1. The second kappa shape index (κ2) is 10.1. The lowest BCUT2D eigenvalue weighted by molar-refractivity contribution is -0.128. The molecule has 1 amide bonds. The van der Waals surface area contributed by atoms with Gasteiger partial charge in [0.1, 0.15) is 21.8 Å². The monoisotopic (exact) mass is 486 g/mol. The van der Waals surface area contributed by atoms with Crippen LogP contribution in [0, 0.1) is 0 Å². The number of hydrogen-bond acceptors (Lipinski definition) is 10. The van der Waals surface area contributed by atoms with Crippen molar-refractivity contribution in [3.63, 3.8) is 0 Å². The van der Waals surface area contributed by atoms with E-state index < -0.39 is 0 Å². The molecule has 11 heteroatoms. The van der Waals surface area contributed by atoms with Gasteiger partial charge in [0, 0.05) is 45.0 Å². The van der Waals surface area contributed by atoms with Crippen molar-refractivity contribution < 1.29 is 14.3 Å². The van der Waals surface area contributed by atoms with Crippen LogP contribution in [0.3, 0.4) is 0 Å². The van der Waals surface area contributed by atoms with Crippen LogP contribution in [0.4, 0.5) is 10.8 Å². The van der Waals surface area contributed by atoms with Crippen LogP contribution < -0.4 is 14.5 Å². The summed E-state index contributed by atoms with van der Waals surface area (Å²) in [4.78, 5) is 32.8. The highest BCUT2D eigenvalue weighted by atomic mass is 32.2. The summed E-state index contributed by atoms with van der Waals surface area (Å²) in [6.45, 7) is 6.15. The first-order valence-electron chi connectivity index (χ1n) is 10.9. The van der Waals surface area contributed by atoms with E-state index in [1.54, 1.807) is 18.4 Å². The van der Waals surface area contributed by atoms with Crippen molar-refractivity contribution >= 4 is 50.2 Å². The van der Waals surface area contributed by atoms with E-state index in [1.165, 1.54) is 18.1 Å². The molecule has 1 aromatic carbocycles. The minimum absolute atomic E-state index is 0.138. The van der Waals surface area contributed by atoms with Crippen LogP contribution in [0.1, 0.15) is 0 Å². The third-order valence-corrected chi connectivity index (χ3v) is 8.05. The topological polar surface area (TPSA) is 83.9 Å². The molecule has 2 aromatic heterocycles. The summed E-state index contributed by atoms with van der Waals surface area (Å²) < 4.78 is 11.6. The fraction of sp³-hybridized carbons (Fsp3) is 0.455. The number of thioether (sulfide) groups is 1. The van der Waals surface area contributed by atoms with Gasteiger partial charge in [0.25, 0.3) is 0 Å². The highest BCUT2D eigenvalue weighted by Crippen LogP contribution is 2.34. The van der Waals surface area contributed by atoms with E-state index in [4.69, 9.17) is 9.47 Å². The lowest BCUT2D eigenvalue weighted by Crippen LogP contribution is -2.49. The van der Waals surface area contributed by atoms with Crippen molar-refractivity contribution in [3.05, 3.63) is 30.6 Å². The number of carbonyl (C=O) groups is 1. The second-order valence-electron chi connectivity index (χ2n) is 7.78. The highest BCUT2D eigenvalue weighted by Gasteiger charge is 2.23. The van der Waals surface area contributed by atoms with E-state index in [2.05, 4.69) is 36.9 Å². The zero-order valence-electron chi connectivity index (χ0n) is 18.5. The number of amides is 1. The molecule has 0 unspecified atom stereocenters. The Kier molecular flexibility index (Phi) is 6.79. The molecule has 0 aliphatic carbocycles. The summed E-state index contributed by atoms with van der Waals surface area (Å²) in [5, 5.41) is 1.76. The molecular weight excluding hydrogens is 460 g/mol. The molecule has 0 N–H and O–H groups in total. The average Bonchev–Trinajstić information content (AvgIpc) is 3.33. The highest BCUT2D eigenvalue weighted by molar-refractivity contribution is 8.00. The van der Waals surface area contributed by atoms with Crippen molar-refractivity contribution in [1.82, 2.24) is 19.9 Å². The maximum atomic E-state index is 12.9. The van der Waals surface area contributed by atoms with Gasteiger partial charge >= 0.3 is 0 Å². The SMILES string of the molecule is COc1ccc(N2CCN(C(=O)CSc3ncnc4nc(N5CCOCC5)sc34)CC2)cc1. The number of morpholine rings is 1. The first-order chi connectivity index (χ1) is 16.2. The number of fused-ring (bicyclic) bond motifs is 1. The van der Waals surface area contributed by atoms with Crippen molar-refractivity contribution in [2.24, 2.45) is 0 Å². The first kappa shape index (κ1) is 22.2. The number of anilines is 2. The quantitative estimate of drug-likeness (QED) is 0.385. The lowest BCUT2D eigenvalue weighted by Gasteiger charge is -2.36. The number of ether oxygens (including phenoxy) is 2. The molecule has 0 radical (unpaired) electrons. The first-order valence-corrected chi connectivity index (χ1v) is 12.8. The van der Waals surface area contributed by atoms with Crippen LogP contribution in [-0.4, -0.2) is 91.1 Å². The van der Waals surface area contributed by atoms with E-state index >= 15 is 0 Å². The van der Waals surface area contributed by atoms with Gasteiger partial charge in [-0.25, -0.2) is 9.97 Å². The standard InChI is InChI=1S/C22H26N6O3S2/c1-30-17-4-2-16(3-5-17)26-6-8-27(9-7-26)18(29)14-32-21-19-20(23-15-24-21)25-22(33-19)28-10-12-31-13-11-28/h2-5,15H,6-14H2,1H3. The summed E-state index contributed by atoms with van der Waals surface area (Å²) >= 11 is 3.06. The Morgan fingerprint density at radius 1 is 1.06 bits per heavy atom. The number of piperazine rings is 1. The molecule has 9 nitrogen and oxygen atoms in total. The molecule has 2 saturated heterocycles. The normalized spacial score (nSPS) is 16.9. The van der Waals surface area contributed by atoms with E-state index in [0.717, 1.165) is 52.5 Å². The molecule has 2 aliphatic heterocycles. The Morgan fingerprint density at radius 3 is 2.55 bits per heavy atom. The van der Waals surface area contributed by atoms with Crippen molar-refractivity contribution in [1.29, 1.82) is 0 Å². The molecule has 2 fully saturated rings. The van der Waals surface area contributed by atoms with Crippen molar-refractivity contribution in [2.45, 2.75) is 5.03 Å². The molecule has 0 spiro atoms. The maximum Gasteiger partial charge on any atom is 0.233 e. The molecule has 33 heavy (non-hydrogen) atoms. The van der Waals surface area contributed by atoms with Crippen LogP contribution in [0.2, 0.25) is 0 Å². The Hall–Kier alpha value is -2.63. The van der Waals surface area contributed by atoms with Crippen molar-refractivity contribution in [2.75, 3.05) is 75.1 Å². The van der Waals surface area contributed by atoms with Crippen LogP contribution in [-0.2, 0) is 9.53 Å². The number of rotatable bonds is 6. The third kappa shape index (κ3) is 4.99. The van der Waals surface area contributed by atoms with Gasteiger partial charge in [0.2, 0.25) is 5.91 Å². The molecule has 2 aliphatic rings. The Balaban J connectivity index is 1.17. The zero-order chi connectivity index (χ0) is 22.6. The van der Waals surface area contributed by atoms with Gasteiger partial charge in [0.05, 0.1) is 26.1 Å². The minimum Gasteiger partial charge on any atom is -0.497 e. The van der Waals surface area contributed by atoms with Gasteiger partial charge in [0.15, 0.2) is 10.8 Å². The number of aromatic nitrogens is 3. The fourth-order valence-corrected chi connectivity index (χ4v) is 5.99. The summed E-state index contributed by atoms with van der Waals surface area (Å²) in [5.41, 5.74) is 1.85. The van der Waals surface area contributed by atoms with Gasteiger partial charge < -0.3 is 24.2 Å². The molecule has 3 aromatic rings. The lowest BCUT2D eigenvalue weighted by atomic mass is 10.2. The maximum absolute atomic E-state index is 12.9. The molecule has 4 heterocycles. The Labute approximate surface area is 200 Å². The number of methoxy groups -OCH3 is 1. The average molecular weight is 487 g/mol. The minimum atomic E-state index is 0.138. The largest absolute Gasteiger partial charge is 0.497 e. The number of thiazole rings is 1. The Bertz CT molecular complexity index is 1100. The molecule has 0 atom stereocenters. The van der Waals surface area contributed by atoms with Gasteiger partial charge in [-0.3, -0.25) is 4.79 Å². The second-order valence-corrected chi connectivity index (χ2v) is 9.72. The third-order valence-electron chi connectivity index (χ3n) is 5.83. The van der Waals surface area contributed by atoms with E-state index in [1.807, 2.05) is 17.0 Å². The summed E-state index contributed by atoms with van der Waals surface area (Å²) in [5.74, 6) is 1.35. The van der Waals surface area contributed by atoms with Gasteiger partial charge in [-0.05, 0) is 24.3 Å². The van der Waals surface area contributed by atoms with Gasteiger partial charge in [-0.1, -0.05) is 23.1 Å². The molecule has 0 saturated carbocycles. The number of nitrogens with zero attached hydrogens (tertiary/aromatic N) is 6. The smallest absolute Gasteiger partial charge is 0.233 e. The van der Waals surface area contributed by atoms with Gasteiger partial charge in [-0.2, -0.15) is 4.98 Å². The summed E-state index contributed by atoms with van der Waals surface area (Å²) in [7, 11) is 1.67. The molecule has 0 bridgehead atoms. The van der Waals surface area contributed by atoms with Crippen LogP contribution in [0.15, 0.2) is 35.6 Å². The molecule has 5 rings (SSSR count). The van der Waals surface area contributed by atoms with Crippen LogP contribution in [0.25, 0.3) is 10.3 Å².